The fraction of sp³-hybridized carbons (Fsp3) is 0.952. The largest absolute Gasteiger partial charge is 0.357 e. The van der Waals surface area contributed by atoms with E-state index in [0.717, 1.165) is 38.6 Å². The van der Waals surface area contributed by atoms with Crippen LogP contribution in [0.15, 0.2) is 4.99 Å². The molecule has 1 saturated heterocycles. The van der Waals surface area contributed by atoms with Gasteiger partial charge >= 0.3 is 0 Å². The third-order valence-electron chi connectivity index (χ3n) is 5.27. The second-order valence-electron chi connectivity index (χ2n) is 8.32. The normalized spacial score (nSPS) is 17.7. The second kappa shape index (κ2) is 14.2. The molecule has 0 spiro atoms. The van der Waals surface area contributed by atoms with Crippen molar-refractivity contribution in [2.45, 2.75) is 66.0 Å². The van der Waals surface area contributed by atoms with Crippen molar-refractivity contribution in [3.63, 3.8) is 0 Å². The Morgan fingerprint density at radius 2 is 1.74 bits per heavy atom. The Balaban J connectivity index is 2.26. The van der Waals surface area contributed by atoms with Crippen LogP contribution in [0.5, 0.6) is 0 Å². The maximum absolute atomic E-state index is 4.76. The number of nitrogens with one attached hydrogen (secondary N) is 2. The number of likely N-dealkylation sites (N-methyl/N-ethyl adjacent to an activating group) is 1. The predicted molar refractivity (Wildman–Crippen MR) is 119 cm³/mol. The van der Waals surface area contributed by atoms with Gasteiger partial charge in [-0.3, -0.25) is 9.89 Å². The molecule has 6 nitrogen and oxygen atoms in total. The van der Waals surface area contributed by atoms with E-state index in [1.807, 2.05) is 0 Å². The first-order valence-corrected chi connectivity index (χ1v) is 11.1. The predicted octanol–water partition coefficient (Wildman–Crippen LogP) is 2.08. The van der Waals surface area contributed by atoms with E-state index in [1.165, 1.54) is 45.6 Å². The van der Waals surface area contributed by atoms with Crippen LogP contribution in [0.3, 0.4) is 0 Å². The van der Waals surface area contributed by atoms with Gasteiger partial charge in [0.05, 0.1) is 0 Å². The first-order chi connectivity index (χ1) is 12.9. The average Bonchev–Trinajstić information content (AvgIpc) is 2.82. The van der Waals surface area contributed by atoms with Crippen LogP contribution in [0.25, 0.3) is 0 Å². The molecule has 1 rings (SSSR count). The van der Waals surface area contributed by atoms with E-state index in [4.69, 9.17) is 4.99 Å². The smallest absolute Gasteiger partial charge is 0.191 e. The summed E-state index contributed by atoms with van der Waals surface area (Å²) in [5, 5.41) is 6.88. The Morgan fingerprint density at radius 3 is 2.41 bits per heavy atom. The van der Waals surface area contributed by atoms with Crippen LogP contribution in [0.4, 0.5) is 0 Å². The van der Waals surface area contributed by atoms with Gasteiger partial charge in [-0.2, -0.15) is 0 Å². The second-order valence-corrected chi connectivity index (χ2v) is 8.32. The number of nitrogens with zero attached hydrogens (tertiary/aromatic N) is 4. The Morgan fingerprint density at radius 1 is 1.00 bits per heavy atom. The molecule has 1 fully saturated rings. The first-order valence-electron chi connectivity index (χ1n) is 11.1. The van der Waals surface area contributed by atoms with Gasteiger partial charge in [0.1, 0.15) is 0 Å². The Labute approximate surface area is 168 Å². The van der Waals surface area contributed by atoms with Crippen LogP contribution >= 0.6 is 0 Å². The molecule has 0 aromatic rings. The van der Waals surface area contributed by atoms with E-state index in [0.29, 0.717) is 12.1 Å². The summed E-state index contributed by atoms with van der Waals surface area (Å²) in [5.41, 5.74) is 0. The molecule has 6 heteroatoms. The van der Waals surface area contributed by atoms with Crippen molar-refractivity contribution in [2.24, 2.45) is 4.99 Å². The van der Waals surface area contributed by atoms with Gasteiger partial charge in [0.25, 0.3) is 0 Å². The average molecular weight is 383 g/mol. The van der Waals surface area contributed by atoms with E-state index >= 15 is 0 Å². The SMILES string of the molecule is CCNC(=NCCCN(C(C)C)C(C)C)NCCCN1CCCN(C)CC1. The molecule has 1 heterocycles. The Hall–Kier alpha value is -0.850. The van der Waals surface area contributed by atoms with E-state index in [1.54, 1.807) is 0 Å². The third-order valence-corrected chi connectivity index (χ3v) is 5.27. The lowest BCUT2D eigenvalue weighted by molar-refractivity contribution is 0.174. The van der Waals surface area contributed by atoms with Crippen LogP contribution in [0.1, 0.15) is 53.9 Å². The van der Waals surface area contributed by atoms with Crippen LogP contribution < -0.4 is 10.6 Å². The summed E-state index contributed by atoms with van der Waals surface area (Å²) in [5.74, 6) is 0.966. The molecule has 0 amide bonds. The van der Waals surface area contributed by atoms with Crippen LogP contribution in [0, 0.1) is 0 Å². The van der Waals surface area contributed by atoms with Gasteiger partial charge in [-0.05, 0) is 80.6 Å². The van der Waals surface area contributed by atoms with E-state index in [-0.39, 0.29) is 0 Å². The summed E-state index contributed by atoms with van der Waals surface area (Å²) >= 11 is 0. The highest BCUT2D eigenvalue weighted by molar-refractivity contribution is 5.79. The maximum Gasteiger partial charge on any atom is 0.191 e. The number of hydrogen-bond donors (Lipinski definition) is 2. The molecule has 0 atom stereocenters. The zero-order valence-corrected chi connectivity index (χ0v) is 18.9. The quantitative estimate of drug-likeness (QED) is 0.325. The van der Waals surface area contributed by atoms with Crippen molar-refractivity contribution >= 4 is 5.96 Å². The molecule has 0 aromatic heterocycles. The number of hydrogen-bond acceptors (Lipinski definition) is 4. The van der Waals surface area contributed by atoms with Crippen LogP contribution in [-0.2, 0) is 0 Å². The summed E-state index contributed by atoms with van der Waals surface area (Å²) in [6, 6.07) is 1.19. The van der Waals surface area contributed by atoms with Gasteiger partial charge in [-0.15, -0.1) is 0 Å². The van der Waals surface area contributed by atoms with Gasteiger partial charge in [0, 0.05) is 51.4 Å². The van der Waals surface area contributed by atoms with E-state index in [9.17, 15) is 0 Å². The highest BCUT2D eigenvalue weighted by atomic mass is 15.2. The minimum atomic E-state index is 0.596. The molecule has 2 N–H and O–H groups in total. The molecule has 0 aromatic carbocycles. The number of rotatable bonds is 11. The minimum absolute atomic E-state index is 0.596. The molecule has 1 aliphatic rings. The molecule has 0 bridgehead atoms. The lowest BCUT2D eigenvalue weighted by Crippen LogP contribution is -2.40. The first kappa shape index (κ1) is 24.2. The molecule has 1 aliphatic heterocycles. The van der Waals surface area contributed by atoms with Crippen molar-refractivity contribution in [1.82, 2.24) is 25.3 Å². The standard InChI is InChI=1S/C21H46N6/c1-7-22-21(24-12-9-16-27(19(2)3)20(4)5)23-11-8-14-26-15-10-13-25(6)17-18-26/h19-20H,7-18H2,1-6H3,(H2,22,23,24). The number of guanidine groups is 1. The maximum atomic E-state index is 4.76. The van der Waals surface area contributed by atoms with E-state index in [2.05, 4.69) is 67.0 Å². The van der Waals surface area contributed by atoms with E-state index < -0.39 is 0 Å². The monoisotopic (exact) mass is 382 g/mol. The summed E-state index contributed by atoms with van der Waals surface area (Å²) < 4.78 is 0. The highest BCUT2D eigenvalue weighted by Gasteiger charge is 2.13. The summed E-state index contributed by atoms with van der Waals surface area (Å²) in [6.07, 6.45) is 3.56. The van der Waals surface area contributed by atoms with Crippen molar-refractivity contribution in [1.29, 1.82) is 0 Å². The molecular formula is C21H46N6. The summed E-state index contributed by atoms with van der Waals surface area (Å²) in [6.45, 7) is 21.2. The fourth-order valence-corrected chi connectivity index (χ4v) is 3.73. The van der Waals surface area contributed by atoms with Gasteiger partial charge < -0.3 is 20.4 Å². The highest BCUT2D eigenvalue weighted by Crippen LogP contribution is 2.05. The van der Waals surface area contributed by atoms with Crippen molar-refractivity contribution in [2.75, 3.05) is 66.0 Å². The van der Waals surface area contributed by atoms with Gasteiger partial charge in [-0.25, -0.2) is 0 Å². The molecule has 0 radical (unpaired) electrons. The lowest BCUT2D eigenvalue weighted by atomic mass is 10.2. The Bertz CT molecular complexity index is 388. The van der Waals surface area contributed by atoms with Gasteiger partial charge in [0.15, 0.2) is 5.96 Å². The zero-order valence-electron chi connectivity index (χ0n) is 18.9. The molecular weight excluding hydrogens is 336 g/mol. The fourth-order valence-electron chi connectivity index (χ4n) is 3.73. The van der Waals surface area contributed by atoms with Crippen molar-refractivity contribution in [3.8, 4) is 0 Å². The molecule has 160 valence electrons. The zero-order chi connectivity index (χ0) is 20.1. The molecule has 27 heavy (non-hydrogen) atoms. The lowest BCUT2D eigenvalue weighted by Gasteiger charge is -2.30. The van der Waals surface area contributed by atoms with Crippen molar-refractivity contribution < 1.29 is 0 Å². The van der Waals surface area contributed by atoms with Gasteiger partial charge in [-0.1, -0.05) is 0 Å². The van der Waals surface area contributed by atoms with Crippen LogP contribution in [0.2, 0.25) is 0 Å². The third kappa shape index (κ3) is 10.9. The molecule has 0 saturated carbocycles. The Kier molecular flexibility index (Phi) is 12.7. The summed E-state index contributed by atoms with van der Waals surface area (Å²) in [4.78, 5) is 12.3. The molecule has 0 unspecified atom stereocenters. The molecule has 0 aliphatic carbocycles. The summed E-state index contributed by atoms with van der Waals surface area (Å²) in [7, 11) is 2.23. The number of aliphatic imine (C=N–C) groups is 1. The topological polar surface area (TPSA) is 46.1 Å². The van der Waals surface area contributed by atoms with Gasteiger partial charge in [0.2, 0.25) is 0 Å². The minimum Gasteiger partial charge on any atom is -0.357 e. The van der Waals surface area contributed by atoms with Crippen molar-refractivity contribution in [3.05, 3.63) is 0 Å². The van der Waals surface area contributed by atoms with Crippen LogP contribution in [-0.4, -0.2) is 98.7 Å².